The van der Waals surface area contributed by atoms with Crippen LogP contribution in [0.5, 0.6) is 0 Å². The van der Waals surface area contributed by atoms with E-state index in [2.05, 4.69) is 0 Å². The lowest BCUT2D eigenvalue weighted by Crippen LogP contribution is -2.28. The first kappa shape index (κ1) is 8.84. The fourth-order valence-corrected chi connectivity index (χ4v) is 1.39. The Balaban J connectivity index is 2.39. The summed E-state index contributed by atoms with van der Waals surface area (Å²) in [5, 5.41) is 10.7. The third-order valence-corrected chi connectivity index (χ3v) is 2.14. The smallest absolute Gasteiger partial charge is 0.233 e. The second-order valence-corrected chi connectivity index (χ2v) is 3.02. The van der Waals surface area contributed by atoms with Gasteiger partial charge in [-0.1, -0.05) is 0 Å². The molecule has 0 amide bonds. The summed E-state index contributed by atoms with van der Waals surface area (Å²) in [6, 6.07) is 0. The molecule has 11 heavy (non-hydrogen) atoms. The molecule has 0 aromatic carbocycles. The molecule has 1 aliphatic carbocycles. The maximum atomic E-state index is 12.0. The third-order valence-electron chi connectivity index (χ3n) is 2.14. The maximum Gasteiger partial charge on any atom is 0.391 e. The van der Waals surface area contributed by atoms with Crippen LogP contribution in [0.3, 0.4) is 0 Å². The molecule has 0 unspecified atom stereocenters. The van der Waals surface area contributed by atoms with Gasteiger partial charge in [-0.3, -0.25) is 0 Å². The van der Waals surface area contributed by atoms with E-state index in [0.717, 1.165) is 0 Å². The summed E-state index contributed by atoms with van der Waals surface area (Å²) in [7, 11) is 0. The minimum absolute atomic E-state index is 0.0255. The van der Waals surface area contributed by atoms with Crippen LogP contribution in [-0.4, -0.2) is 12.3 Å². The number of hydrogen-bond donors (Lipinski definition) is 0. The van der Waals surface area contributed by atoms with Gasteiger partial charge in [-0.25, -0.2) is 5.11 Å². The first-order valence-electron chi connectivity index (χ1n) is 3.72. The standard InChI is InChI=1S/C7H10F3O/c8-7(9,10)5-1-3-6(11)4-2-5/h5-6H,1-4H2. The fraction of sp³-hybridized carbons (Fsp3) is 1.00. The van der Waals surface area contributed by atoms with Crippen LogP contribution in [0.4, 0.5) is 13.2 Å². The maximum absolute atomic E-state index is 12.0. The van der Waals surface area contributed by atoms with E-state index >= 15 is 0 Å². The summed E-state index contributed by atoms with van der Waals surface area (Å²) in [5.74, 6) is -1.22. The predicted octanol–water partition coefficient (Wildman–Crippen LogP) is 2.54. The van der Waals surface area contributed by atoms with Crippen molar-refractivity contribution in [1.29, 1.82) is 0 Å². The SMILES string of the molecule is [O]C1CCC(C(F)(F)F)CC1. The summed E-state index contributed by atoms with van der Waals surface area (Å²) in [5.41, 5.74) is 0. The first-order valence-corrected chi connectivity index (χ1v) is 3.72. The van der Waals surface area contributed by atoms with Crippen molar-refractivity contribution in [3.63, 3.8) is 0 Å². The van der Waals surface area contributed by atoms with Gasteiger partial charge in [0, 0.05) is 0 Å². The zero-order chi connectivity index (χ0) is 8.48. The van der Waals surface area contributed by atoms with Gasteiger partial charge in [-0.05, 0) is 25.7 Å². The number of hydrogen-bond acceptors (Lipinski definition) is 0. The van der Waals surface area contributed by atoms with Crippen molar-refractivity contribution in [2.24, 2.45) is 5.92 Å². The largest absolute Gasteiger partial charge is 0.391 e. The summed E-state index contributed by atoms with van der Waals surface area (Å²) in [6.45, 7) is 0. The molecule has 0 heterocycles. The lowest BCUT2D eigenvalue weighted by Gasteiger charge is -2.25. The van der Waals surface area contributed by atoms with Crippen molar-refractivity contribution >= 4 is 0 Å². The average molecular weight is 167 g/mol. The fourth-order valence-electron chi connectivity index (χ4n) is 1.39. The van der Waals surface area contributed by atoms with Crippen LogP contribution in [0.2, 0.25) is 0 Å². The quantitative estimate of drug-likeness (QED) is 0.528. The highest BCUT2D eigenvalue weighted by Gasteiger charge is 2.41. The Morgan fingerprint density at radius 1 is 1.00 bits per heavy atom. The molecule has 1 saturated carbocycles. The molecule has 0 saturated heterocycles. The van der Waals surface area contributed by atoms with Crippen molar-refractivity contribution in [1.82, 2.24) is 0 Å². The van der Waals surface area contributed by atoms with E-state index in [1.807, 2.05) is 0 Å². The minimum atomic E-state index is -4.08. The van der Waals surface area contributed by atoms with Crippen molar-refractivity contribution in [2.45, 2.75) is 38.0 Å². The van der Waals surface area contributed by atoms with Gasteiger partial charge in [0.15, 0.2) is 0 Å². The first-order chi connectivity index (χ1) is 5.00. The zero-order valence-corrected chi connectivity index (χ0v) is 6.03. The van der Waals surface area contributed by atoms with Crippen LogP contribution in [0, 0.1) is 5.92 Å². The Labute approximate surface area is 63.2 Å². The topological polar surface area (TPSA) is 19.9 Å². The van der Waals surface area contributed by atoms with Gasteiger partial charge >= 0.3 is 6.18 Å². The summed E-state index contributed by atoms with van der Waals surface area (Å²) < 4.78 is 35.9. The molecule has 0 atom stereocenters. The van der Waals surface area contributed by atoms with E-state index in [1.165, 1.54) is 0 Å². The van der Waals surface area contributed by atoms with E-state index < -0.39 is 18.2 Å². The average Bonchev–Trinajstić information content (AvgIpc) is 1.86. The van der Waals surface area contributed by atoms with Crippen LogP contribution in [0.15, 0.2) is 0 Å². The Bertz CT molecular complexity index is 124. The van der Waals surface area contributed by atoms with Crippen molar-refractivity contribution in [2.75, 3.05) is 0 Å². The van der Waals surface area contributed by atoms with Crippen LogP contribution < -0.4 is 0 Å². The number of alkyl halides is 3. The van der Waals surface area contributed by atoms with Crippen molar-refractivity contribution in [3.05, 3.63) is 0 Å². The molecular formula is C7H10F3O. The van der Waals surface area contributed by atoms with E-state index in [4.69, 9.17) is 0 Å². The molecule has 0 spiro atoms. The molecule has 0 aliphatic heterocycles. The molecule has 0 aromatic rings. The zero-order valence-electron chi connectivity index (χ0n) is 6.03. The summed E-state index contributed by atoms with van der Waals surface area (Å²) >= 11 is 0. The van der Waals surface area contributed by atoms with Gasteiger partial charge in [0.2, 0.25) is 0 Å². The molecule has 0 N–H and O–H groups in total. The molecular weight excluding hydrogens is 157 g/mol. The predicted molar refractivity (Wildman–Crippen MR) is 32.5 cm³/mol. The normalized spacial score (nSPS) is 33.8. The Hall–Kier alpha value is -0.250. The Kier molecular flexibility index (Phi) is 2.42. The molecule has 4 heteroatoms. The molecule has 1 aliphatic rings. The number of halogens is 3. The molecule has 1 nitrogen and oxygen atoms in total. The van der Waals surface area contributed by atoms with Crippen molar-refractivity contribution in [3.8, 4) is 0 Å². The van der Waals surface area contributed by atoms with Gasteiger partial charge in [-0.2, -0.15) is 13.2 Å². The monoisotopic (exact) mass is 167 g/mol. The van der Waals surface area contributed by atoms with Crippen LogP contribution in [-0.2, 0) is 5.11 Å². The van der Waals surface area contributed by atoms with Crippen molar-refractivity contribution < 1.29 is 18.3 Å². The molecule has 1 fully saturated rings. The summed E-state index contributed by atoms with van der Waals surface area (Å²) in [6.07, 6.45) is -4.42. The van der Waals surface area contributed by atoms with Gasteiger partial charge < -0.3 is 0 Å². The van der Waals surface area contributed by atoms with Gasteiger partial charge in [0.25, 0.3) is 0 Å². The van der Waals surface area contributed by atoms with Gasteiger partial charge in [0.1, 0.15) is 0 Å². The Morgan fingerprint density at radius 2 is 1.45 bits per heavy atom. The number of rotatable bonds is 0. The molecule has 1 radical (unpaired) electrons. The molecule has 0 bridgehead atoms. The lowest BCUT2D eigenvalue weighted by molar-refractivity contribution is -0.187. The molecule has 65 valence electrons. The van der Waals surface area contributed by atoms with Crippen LogP contribution >= 0.6 is 0 Å². The van der Waals surface area contributed by atoms with E-state index in [0.29, 0.717) is 0 Å². The third kappa shape index (κ3) is 2.36. The van der Waals surface area contributed by atoms with Gasteiger partial charge in [0.05, 0.1) is 12.0 Å². The highest BCUT2D eigenvalue weighted by atomic mass is 19.4. The Morgan fingerprint density at radius 3 is 1.82 bits per heavy atom. The second kappa shape index (κ2) is 3.01. The second-order valence-electron chi connectivity index (χ2n) is 3.02. The van der Waals surface area contributed by atoms with Crippen LogP contribution in [0.1, 0.15) is 25.7 Å². The van der Waals surface area contributed by atoms with Gasteiger partial charge in [-0.15, -0.1) is 0 Å². The minimum Gasteiger partial charge on any atom is -0.233 e. The highest BCUT2D eigenvalue weighted by Crippen LogP contribution is 2.37. The van der Waals surface area contributed by atoms with Crippen LogP contribution in [0.25, 0.3) is 0 Å². The molecule has 0 aromatic heterocycles. The highest BCUT2D eigenvalue weighted by molar-refractivity contribution is 4.76. The molecule has 1 rings (SSSR count). The van der Waals surface area contributed by atoms with E-state index in [9.17, 15) is 18.3 Å². The summed E-state index contributed by atoms with van der Waals surface area (Å²) in [4.78, 5) is 0. The lowest BCUT2D eigenvalue weighted by atomic mass is 9.87. The van der Waals surface area contributed by atoms with E-state index in [-0.39, 0.29) is 25.7 Å². The van der Waals surface area contributed by atoms with E-state index in [1.54, 1.807) is 0 Å².